The van der Waals surface area contributed by atoms with E-state index in [4.69, 9.17) is 4.74 Å². The molecule has 2 aliphatic rings. The highest BCUT2D eigenvalue weighted by Crippen LogP contribution is 2.18. The fourth-order valence-corrected chi connectivity index (χ4v) is 3.71. The van der Waals surface area contributed by atoms with Crippen LogP contribution < -0.4 is 4.72 Å². The van der Waals surface area contributed by atoms with Gasteiger partial charge in [-0.3, -0.25) is 4.79 Å². The summed E-state index contributed by atoms with van der Waals surface area (Å²) in [4.78, 5) is 13.9. The van der Waals surface area contributed by atoms with Crippen molar-refractivity contribution >= 4 is 15.9 Å². The molecule has 2 aliphatic heterocycles. The topological polar surface area (TPSA) is 75.7 Å². The minimum Gasteiger partial charge on any atom is -0.378 e. The molecule has 7 heteroatoms. The van der Waals surface area contributed by atoms with Crippen LogP contribution in [-0.2, 0) is 19.6 Å². The number of amides is 1. The molecular weight excluding hydrogens is 280 g/mol. The minimum atomic E-state index is -3.15. The summed E-state index contributed by atoms with van der Waals surface area (Å²) in [6.45, 7) is 2.09. The second-order valence-electron chi connectivity index (χ2n) is 5.72. The van der Waals surface area contributed by atoms with E-state index in [2.05, 4.69) is 4.72 Å². The van der Waals surface area contributed by atoms with Crippen molar-refractivity contribution in [2.45, 2.75) is 50.7 Å². The van der Waals surface area contributed by atoms with Crippen molar-refractivity contribution in [1.82, 2.24) is 9.62 Å². The van der Waals surface area contributed by atoms with Gasteiger partial charge in [0.1, 0.15) is 0 Å². The Kier molecular flexibility index (Phi) is 5.40. The Morgan fingerprint density at radius 1 is 1.30 bits per heavy atom. The van der Waals surface area contributed by atoms with E-state index in [-0.39, 0.29) is 18.1 Å². The van der Waals surface area contributed by atoms with Crippen LogP contribution in [0.4, 0.5) is 0 Å². The van der Waals surface area contributed by atoms with Gasteiger partial charge in [0.15, 0.2) is 0 Å². The van der Waals surface area contributed by atoms with Gasteiger partial charge >= 0.3 is 0 Å². The van der Waals surface area contributed by atoms with Gasteiger partial charge in [-0.2, -0.15) is 0 Å². The number of hydrogen-bond acceptors (Lipinski definition) is 4. The molecule has 0 bridgehead atoms. The lowest BCUT2D eigenvalue weighted by molar-refractivity contribution is -0.132. The maximum atomic E-state index is 12.1. The lowest BCUT2D eigenvalue weighted by Crippen LogP contribution is -2.46. The second kappa shape index (κ2) is 6.87. The number of carbonyl (C=O) groups is 1. The minimum absolute atomic E-state index is 0.0350. The molecule has 0 saturated carbocycles. The number of nitrogens with one attached hydrogen (secondary N) is 1. The SMILES string of the molecule is CS(=O)(=O)NC1CCN(C(=O)CC[C@@H]2CCCO2)CC1. The van der Waals surface area contributed by atoms with Crippen LogP contribution in [0.15, 0.2) is 0 Å². The van der Waals surface area contributed by atoms with Gasteiger partial charge in [-0.05, 0) is 32.1 Å². The molecule has 2 heterocycles. The molecule has 1 atom stereocenters. The summed E-state index contributed by atoms with van der Waals surface area (Å²) < 4.78 is 30.4. The summed E-state index contributed by atoms with van der Waals surface area (Å²) in [6.07, 6.45) is 6.32. The summed E-state index contributed by atoms with van der Waals surface area (Å²) in [5.41, 5.74) is 0. The normalized spacial score (nSPS) is 25.1. The first kappa shape index (κ1) is 15.7. The maximum absolute atomic E-state index is 12.1. The van der Waals surface area contributed by atoms with E-state index in [0.29, 0.717) is 32.4 Å². The standard InChI is InChI=1S/C13H24N2O4S/c1-20(17,18)14-11-6-8-15(9-7-11)13(16)5-4-12-3-2-10-19-12/h11-12,14H,2-10H2,1H3/t12-/m0/s1. The van der Waals surface area contributed by atoms with Gasteiger partial charge in [0.2, 0.25) is 15.9 Å². The highest BCUT2D eigenvalue weighted by atomic mass is 32.2. The summed E-state index contributed by atoms with van der Waals surface area (Å²) in [5.74, 6) is 0.165. The van der Waals surface area contributed by atoms with E-state index in [1.165, 1.54) is 6.26 Å². The van der Waals surface area contributed by atoms with Crippen molar-refractivity contribution < 1.29 is 17.9 Å². The van der Waals surface area contributed by atoms with E-state index in [1.54, 1.807) is 0 Å². The predicted molar refractivity (Wildman–Crippen MR) is 75.8 cm³/mol. The summed E-state index contributed by atoms with van der Waals surface area (Å²) in [7, 11) is -3.15. The van der Waals surface area contributed by atoms with Crippen molar-refractivity contribution in [3.8, 4) is 0 Å². The number of nitrogens with zero attached hydrogens (tertiary/aromatic N) is 1. The van der Waals surface area contributed by atoms with Crippen LogP contribution in [0.5, 0.6) is 0 Å². The molecule has 1 N–H and O–H groups in total. The molecule has 0 unspecified atom stereocenters. The third-order valence-electron chi connectivity index (χ3n) is 3.93. The van der Waals surface area contributed by atoms with Crippen LogP contribution in [0.1, 0.15) is 38.5 Å². The van der Waals surface area contributed by atoms with E-state index in [9.17, 15) is 13.2 Å². The third kappa shape index (κ3) is 5.03. The lowest BCUT2D eigenvalue weighted by Gasteiger charge is -2.32. The average molecular weight is 304 g/mol. The van der Waals surface area contributed by atoms with Crippen LogP contribution in [0.2, 0.25) is 0 Å². The fourth-order valence-electron chi connectivity index (χ4n) is 2.86. The number of hydrogen-bond donors (Lipinski definition) is 1. The first-order valence-electron chi connectivity index (χ1n) is 7.31. The predicted octanol–water partition coefficient (Wildman–Crippen LogP) is 0.486. The lowest BCUT2D eigenvalue weighted by atomic mass is 10.0. The summed E-state index contributed by atoms with van der Waals surface area (Å²) >= 11 is 0. The number of likely N-dealkylation sites (tertiary alicyclic amines) is 1. The Hall–Kier alpha value is -0.660. The van der Waals surface area contributed by atoms with Crippen molar-refractivity contribution in [1.29, 1.82) is 0 Å². The van der Waals surface area contributed by atoms with Crippen LogP contribution in [0.3, 0.4) is 0 Å². The number of sulfonamides is 1. The quantitative estimate of drug-likeness (QED) is 0.802. The van der Waals surface area contributed by atoms with E-state index >= 15 is 0 Å². The smallest absolute Gasteiger partial charge is 0.222 e. The molecular formula is C13H24N2O4S. The van der Waals surface area contributed by atoms with Crippen molar-refractivity contribution in [3.63, 3.8) is 0 Å². The molecule has 1 amide bonds. The van der Waals surface area contributed by atoms with Crippen LogP contribution in [0.25, 0.3) is 0 Å². The zero-order valence-corrected chi connectivity index (χ0v) is 12.8. The van der Waals surface area contributed by atoms with Crippen molar-refractivity contribution in [3.05, 3.63) is 0 Å². The summed E-state index contributed by atoms with van der Waals surface area (Å²) in [6, 6.07) is -0.0350. The Morgan fingerprint density at radius 2 is 2.00 bits per heavy atom. The van der Waals surface area contributed by atoms with E-state index < -0.39 is 10.0 Å². The third-order valence-corrected chi connectivity index (χ3v) is 4.69. The zero-order valence-electron chi connectivity index (χ0n) is 12.0. The van der Waals surface area contributed by atoms with Crippen LogP contribution in [-0.4, -0.2) is 57.3 Å². The van der Waals surface area contributed by atoms with Gasteiger partial charge in [0, 0.05) is 32.2 Å². The van der Waals surface area contributed by atoms with Gasteiger partial charge < -0.3 is 9.64 Å². The van der Waals surface area contributed by atoms with Gasteiger partial charge in [0.05, 0.1) is 12.4 Å². The number of ether oxygens (including phenoxy) is 1. The highest BCUT2D eigenvalue weighted by Gasteiger charge is 2.25. The number of rotatable bonds is 5. The zero-order chi connectivity index (χ0) is 14.6. The van der Waals surface area contributed by atoms with Gasteiger partial charge in [-0.15, -0.1) is 0 Å². The highest BCUT2D eigenvalue weighted by molar-refractivity contribution is 7.88. The first-order valence-corrected chi connectivity index (χ1v) is 9.20. The molecule has 0 spiro atoms. The largest absolute Gasteiger partial charge is 0.378 e. The maximum Gasteiger partial charge on any atom is 0.222 e. The molecule has 2 fully saturated rings. The molecule has 116 valence electrons. The second-order valence-corrected chi connectivity index (χ2v) is 7.50. The Labute approximate surface area is 120 Å². The molecule has 6 nitrogen and oxygen atoms in total. The fraction of sp³-hybridized carbons (Fsp3) is 0.923. The van der Waals surface area contributed by atoms with E-state index in [1.807, 2.05) is 4.90 Å². The molecule has 0 aromatic carbocycles. The Bertz CT molecular complexity index is 424. The van der Waals surface area contributed by atoms with Gasteiger partial charge in [-0.1, -0.05) is 0 Å². The molecule has 0 aromatic rings. The first-order chi connectivity index (χ1) is 9.44. The molecule has 0 radical (unpaired) electrons. The average Bonchev–Trinajstić information content (AvgIpc) is 2.88. The monoisotopic (exact) mass is 304 g/mol. The molecule has 20 heavy (non-hydrogen) atoms. The number of piperidine rings is 1. The van der Waals surface area contributed by atoms with E-state index in [0.717, 1.165) is 25.9 Å². The summed E-state index contributed by atoms with van der Waals surface area (Å²) in [5, 5.41) is 0. The van der Waals surface area contributed by atoms with Gasteiger partial charge in [0.25, 0.3) is 0 Å². The van der Waals surface area contributed by atoms with Gasteiger partial charge in [-0.25, -0.2) is 13.1 Å². The Balaban J connectivity index is 1.68. The molecule has 2 rings (SSSR count). The van der Waals surface area contributed by atoms with Crippen LogP contribution in [0, 0.1) is 0 Å². The Morgan fingerprint density at radius 3 is 2.55 bits per heavy atom. The molecule has 2 saturated heterocycles. The molecule has 0 aliphatic carbocycles. The molecule has 0 aromatic heterocycles. The van der Waals surface area contributed by atoms with Crippen LogP contribution >= 0.6 is 0 Å². The number of carbonyl (C=O) groups excluding carboxylic acids is 1. The van der Waals surface area contributed by atoms with Crippen molar-refractivity contribution in [2.24, 2.45) is 0 Å². The van der Waals surface area contributed by atoms with Crippen molar-refractivity contribution in [2.75, 3.05) is 26.0 Å².